The van der Waals surface area contributed by atoms with E-state index < -0.39 is 5.91 Å². The number of amides is 3. The molecule has 0 aliphatic carbocycles. The van der Waals surface area contributed by atoms with E-state index >= 15 is 0 Å². The highest BCUT2D eigenvalue weighted by Crippen LogP contribution is 2.21. The van der Waals surface area contributed by atoms with Gasteiger partial charge < -0.3 is 16.0 Å². The molecule has 23 heavy (non-hydrogen) atoms. The Bertz CT molecular complexity index is 753. The molecule has 0 saturated heterocycles. The zero-order valence-electron chi connectivity index (χ0n) is 13.0. The number of nitrogens with one attached hydrogen (secondary N) is 1. The molecule has 3 amide bonds. The molecule has 1 heterocycles. The minimum atomic E-state index is -0.481. The van der Waals surface area contributed by atoms with Crippen molar-refractivity contribution in [3.63, 3.8) is 0 Å². The van der Waals surface area contributed by atoms with Crippen molar-refractivity contribution in [2.24, 2.45) is 5.73 Å². The Morgan fingerprint density at radius 1 is 1.09 bits per heavy atom. The first-order valence-electron chi connectivity index (χ1n) is 7.57. The minimum Gasteiger partial charge on any atom is -0.366 e. The zero-order chi connectivity index (χ0) is 16.4. The van der Waals surface area contributed by atoms with Crippen molar-refractivity contribution in [2.75, 3.05) is 11.9 Å². The summed E-state index contributed by atoms with van der Waals surface area (Å²) in [7, 11) is 0. The highest BCUT2D eigenvalue weighted by atomic mass is 16.2. The molecule has 0 bridgehead atoms. The van der Waals surface area contributed by atoms with Gasteiger partial charge in [0.15, 0.2) is 0 Å². The second-order valence-electron chi connectivity index (χ2n) is 5.82. The van der Waals surface area contributed by atoms with Gasteiger partial charge in [-0.2, -0.15) is 0 Å². The van der Waals surface area contributed by atoms with Crippen molar-refractivity contribution in [1.29, 1.82) is 0 Å². The second-order valence-corrected chi connectivity index (χ2v) is 5.82. The summed E-state index contributed by atoms with van der Waals surface area (Å²) in [5.41, 5.74) is 10.0. The third-order valence-electron chi connectivity index (χ3n) is 4.08. The number of benzene rings is 2. The number of carbonyl (C=O) groups excluding carboxylic acids is 2. The summed E-state index contributed by atoms with van der Waals surface area (Å²) in [6.07, 6.45) is 0.866. The van der Waals surface area contributed by atoms with E-state index in [0.717, 1.165) is 6.42 Å². The number of carbonyl (C=O) groups is 2. The van der Waals surface area contributed by atoms with E-state index in [2.05, 4.69) is 30.4 Å². The molecule has 1 aliphatic rings. The summed E-state index contributed by atoms with van der Waals surface area (Å²) in [6.45, 7) is 3.39. The van der Waals surface area contributed by atoms with Crippen LogP contribution >= 0.6 is 0 Å². The maximum Gasteiger partial charge on any atom is 0.322 e. The average Bonchev–Trinajstić information content (AvgIpc) is 2.54. The van der Waals surface area contributed by atoms with Crippen molar-refractivity contribution in [3.8, 4) is 0 Å². The molecule has 118 valence electrons. The van der Waals surface area contributed by atoms with Crippen molar-refractivity contribution >= 4 is 17.6 Å². The van der Waals surface area contributed by atoms with Crippen LogP contribution in [0.15, 0.2) is 42.5 Å². The molecule has 0 spiro atoms. The van der Waals surface area contributed by atoms with Crippen LogP contribution in [0.4, 0.5) is 10.5 Å². The Balaban J connectivity index is 1.67. The number of fused-ring (bicyclic) bond motifs is 1. The number of rotatable bonds is 2. The van der Waals surface area contributed by atoms with Gasteiger partial charge in [-0.1, -0.05) is 23.8 Å². The Hall–Kier alpha value is -2.82. The summed E-state index contributed by atoms with van der Waals surface area (Å²) in [5.74, 6) is -0.481. The number of aryl methyl sites for hydroxylation is 1. The van der Waals surface area contributed by atoms with Crippen LogP contribution in [0.2, 0.25) is 0 Å². The molecule has 5 heteroatoms. The standard InChI is InChI=1S/C18H19N3O2/c1-12-2-3-15-11-21(9-8-14(15)10-12)18(23)20-16-6-4-13(5-7-16)17(19)22/h2-7,10H,8-9,11H2,1H3,(H2,19,22)(H,20,23). The fourth-order valence-corrected chi connectivity index (χ4v) is 2.78. The van der Waals surface area contributed by atoms with Crippen LogP contribution in [0.3, 0.4) is 0 Å². The van der Waals surface area contributed by atoms with Crippen LogP contribution in [0.1, 0.15) is 27.0 Å². The van der Waals surface area contributed by atoms with Crippen molar-refractivity contribution < 1.29 is 9.59 Å². The molecule has 5 nitrogen and oxygen atoms in total. The minimum absolute atomic E-state index is 0.136. The monoisotopic (exact) mass is 309 g/mol. The molecule has 0 aromatic heterocycles. The number of primary amides is 1. The number of nitrogens with zero attached hydrogens (tertiary/aromatic N) is 1. The fraction of sp³-hybridized carbons (Fsp3) is 0.222. The van der Waals surface area contributed by atoms with E-state index in [0.29, 0.717) is 24.3 Å². The highest BCUT2D eigenvalue weighted by Gasteiger charge is 2.20. The second kappa shape index (κ2) is 6.12. The molecule has 0 saturated carbocycles. The Morgan fingerprint density at radius 2 is 1.83 bits per heavy atom. The van der Waals surface area contributed by atoms with Gasteiger partial charge in [0.05, 0.1) is 0 Å². The lowest BCUT2D eigenvalue weighted by atomic mass is 9.98. The Kier molecular flexibility index (Phi) is 4.02. The molecule has 2 aromatic rings. The van der Waals surface area contributed by atoms with Crippen LogP contribution in [0, 0.1) is 6.92 Å². The number of nitrogens with two attached hydrogens (primary N) is 1. The Morgan fingerprint density at radius 3 is 2.52 bits per heavy atom. The van der Waals surface area contributed by atoms with Gasteiger partial charge >= 0.3 is 6.03 Å². The lowest BCUT2D eigenvalue weighted by molar-refractivity contribution is 0.100. The van der Waals surface area contributed by atoms with Gasteiger partial charge in [0.25, 0.3) is 0 Å². The number of hydrogen-bond acceptors (Lipinski definition) is 2. The van der Waals surface area contributed by atoms with Gasteiger partial charge in [0, 0.05) is 24.3 Å². The lowest BCUT2D eigenvalue weighted by Gasteiger charge is -2.29. The topological polar surface area (TPSA) is 75.4 Å². The molecule has 0 unspecified atom stereocenters. The Labute approximate surface area is 135 Å². The van der Waals surface area contributed by atoms with Gasteiger partial charge in [0.1, 0.15) is 0 Å². The third-order valence-corrected chi connectivity index (χ3v) is 4.08. The third kappa shape index (κ3) is 3.34. The predicted molar refractivity (Wildman–Crippen MR) is 89.3 cm³/mol. The van der Waals surface area contributed by atoms with Crippen molar-refractivity contribution in [3.05, 3.63) is 64.7 Å². The van der Waals surface area contributed by atoms with Crippen LogP contribution < -0.4 is 11.1 Å². The smallest absolute Gasteiger partial charge is 0.322 e. The molecule has 2 aromatic carbocycles. The molecule has 0 radical (unpaired) electrons. The lowest BCUT2D eigenvalue weighted by Crippen LogP contribution is -2.38. The maximum atomic E-state index is 12.4. The summed E-state index contributed by atoms with van der Waals surface area (Å²) >= 11 is 0. The van der Waals surface area contributed by atoms with Gasteiger partial charge in [-0.25, -0.2) is 4.79 Å². The zero-order valence-corrected chi connectivity index (χ0v) is 13.0. The van der Waals surface area contributed by atoms with Crippen molar-refractivity contribution in [2.45, 2.75) is 19.9 Å². The van der Waals surface area contributed by atoms with Gasteiger partial charge in [0.2, 0.25) is 5.91 Å². The first kappa shape index (κ1) is 15.1. The van der Waals surface area contributed by atoms with Crippen LogP contribution in [0.5, 0.6) is 0 Å². The first-order valence-corrected chi connectivity index (χ1v) is 7.57. The number of anilines is 1. The van der Waals surface area contributed by atoms with Crippen LogP contribution in [-0.2, 0) is 13.0 Å². The van der Waals surface area contributed by atoms with E-state index in [9.17, 15) is 9.59 Å². The maximum absolute atomic E-state index is 12.4. The number of urea groups is 1. The molecule has 0 fully saturated rings. The van der Waals surface area contributed by atoms with E-state index in [1.807, 2.05) is 0 Å². The largest absolute Gasteiger partial charge is 0.366 e. The summed E-state index contributed by atoms with van der Waals surface area (Å²) in [4.78, 5) is 25.2. The normalized spacial score (nSPS) is 13.3. The molecular formula is C18H19N3O2. The van der Waals surface area contributed by atoms with Crippen molar-refractivity contribution in [1.82, 2.24) is 4.90 Å². The van der Waals surface area contributed by atoms with E-state index in [1.54, 1.807) is 29.2 Å². The molecule has 0 atom stereocenters. The molecular weight excluding hydrogens is 290 g/mol. The van der Waals surface area contributed by atoms with Gasteiger partial charge in [-0.05, 0) is 48.7 Å². The SMILES string of the molecule is Cc1ccc2c(c1)CCN(C(=O)Nc1ccc(C(N)=O)cc1)C2. The molecule has 1 aliphatic heterocycles. The van der Waals surface area contributed by atoms with Gasteiger partial charge in [-0.3, -0.25) is 4.79 Å². The fourth-order valence-electron chi connectivity index (χ4n) is 2.78. The predicted octanol–water partition coefficient (Wildman–Crippen LogP) is 2.68. The quantitative estimate of drug-likeness (QED) is 0.895. The first-order chi connectivity index (χ1) is 11.0. The number of hydrogen-bond donors (Lipinski definition) is 2. The van der Waals surface area contributed by atoms with E-state index in [4.69, 9.17) is 5.73 Å². The summed E-state index contributed by atoms with van der Waals surface area (Å²) in [6, 6.07) is 12.8. The average molecular weight is 309 g/mol. The molecule has 3 rings (SSSR count). The van der Waals surface area contributed by atoms with Crippen LogP contribution in [0.25, 0.3) is 0 Å². The van der Waals surface area contributed by atoms with Gasteiger partial charge in [-0.15, -0.1) is 0 Å². The summed E-state index contributed by atoms with van der Waals surface area (Å²) < 4.78 is 0. The van der Waals surface area contributed by atoms with Crippen LogP contribution in [-0.4, -0.2) is 23.4 Å². The highest BCUT2D eigenvalue weighted by molar-refractivity contribution is 5.94. The van der Waals surface area contributed by atoms with E-state index in [1.165, 1.54) is 16.7 Å². The summed E-state index contributed by atoms with van der Waals surface area (Å²) in [5, 5.41) is 2.85. The molecule has 3 N–H and O–H groups in total. The van der Waals surface area contributed by atoms with E-state index in [-0.39, 0.29) is 6.03 Å².